The average molecular weight is 435 g/mol. The zero-order valence-corrected chi connectivity index (χ0v) is 18.8. The molecule has 3 aromatic rings. The van der Waals surface area contributed by atoms with Gasteiger partial charge < -0.3 is 18.9 Å². The summed E-state index contributed by atoms with van der Waals surface area (Å²) in [5.41, 5.74) is 2.64. The van der Waals surface area contributed by atoms with Crippen LogP contribution >= 0.6 is 0 Å². The van der Waals surface area contributed by atoms with E-state index in [0.717, 1.165) is 34.3 Å². The van der Waals surface area contributed by atoms with Crippen LogP contribution in [0.1, 0.15) is 18.1 Å². The number of carbonyl (C=O) groups is 1. The Kier molecular flexibility index (Phi) is 8.70. The van der Waals surface area contributed by atoms with Gasteiger partial charge in [0.05, 0.1) is 19.8 Å². The van der Waals surface area contributed by atoms with Crippen molar-refractivity contribution in [2.75, 3.05) is 33.0 Å². The summed E-state index contributed by atoms with van der Waals surface area (Å²) in [6.07, 6.45) is 0.853. The molecule has 0 saturated carbocycles. The second kappa shape index (κ2) is 11.9. The van der Waals surface area contributed by atoms with Crippen LogP contribution in [0.4, 0.5) is 0 Å². The molecule has 0 amide bonds. The molecule has 0 aromatic heterocycles. The van der Waals surface area contributed by atoms with Gasteiger partial charge in [-0.25, -0.2) is 4.79 Å². The van der Waals surface area contributed by atoms with Gasteiger partial charge in [-0.3, -0.25) is 0 Å². The first kappa shape index (κ1) is 23.4. The molecular formula is C27H30O5. The number of fused-ring (bicyclic) bond motifs is 1. The predicted octanol–water partition coefficient (Wildman–Crippen LogP) is 5.28. The van der Waals surface area contributed by atoms with E-state index in [-0.39, 0.29) is 6.61 Å². The van der Waals surface area contributed by atoms with Crippen LogP contribution in [-0.2, 0) is 20.7 Å². The molecule has 0 atom stereocenters. The number of esters is 1. The summed E-state index contributed by atoms with van der Waals surface area (Å²) in [6.45, 7) is 9.09. The third kappa shape index (κ3) is 6.59. The quantitative estimate of drug-likeness (QED) is 0.220. The normalized spacial score (nSPS) is 10.7. The van der Waals surface area contributed by atoms with Crippen LogP contribution in [-0.4, -0.2) is 39.0 Å². The van der Waals surface area contributed by atoms with Crippen LogP contribution in [0, 0.1) is 6.92 Å². The number of carbonyl (C=O) groups excluding carboxylic acids is 1. The zero-order valence-electron chi connectivity index (χ0n) is 18.8. The molecule has 0 heterocycles. The van der Waals surface area contributed by atoms with Gasteiger partial charge in [0.1, 0.15) is 24.7 Å². The predicted molar refractivity (Wildman–Crippen MR) is 126 cm³/mol. The van der Waals surface area contributed by atoms with Gasteiger partial charge in [0, 0.05) is 22.8 Å². The van der Waals surface area contributed by atoms with Gasteiger partial charge in [-0.1, -0.05) is 61.2 Å². The molecule has 0 radical (unpaired) electrons. The first-order valence-electron chi connectivity index (χ1n) is 10.8. The van der Waals surface area contributed by atoms with E-state index in [1.807, 2.05) is 55.5 Å². The molecule has 0 saturated heterocycles. The first-order chi connectivity index (χ1) is 15.6. The minimum Gasteiger partial charge on any atom is -0.493 e. The lowest BCUT2D eigenvalue weighted by Crippen LogP contribution is -2.14. The highest BCUT2D eigenvalue weighted by molar-refractivity contribution is 5.94. The summed E-state index contributed by atoms with van der Waals surface area (Å²) in [6, 6.07) is 20.4. The fourth-order valence-electron chi connectivity index (χ4n) is 3.30. The fraction of sp³-hybridized carbons (Fsp3) is 0.296. The lowest BCUT2D eigenvalue weighted by Gasteiger charge is -2.16. The van der Waals surface area contributed by atoms with Gasteiger partial charge in [-0.15, -0.1) is 0 Å². The highest BCUT2D eigenvalue weighted by atomic mass is 16.6. The van der Waals surface area contributed by atoms with Gasteiger partial charge in [0.15, 0.2) is 0 Å². The number of benzene rings is 3. The van der Waals surface area contributed by atoms with E-state index in [1.165, 1.54) is 5.56 Å². The number of hydrogen-bond donors (Lipinski definition) is 0. The van der Waals surface area contributed by atoms with Crippen molar-refractivity contribution in [3.63, 3.8) is 0 Å². The molecular weight excluding hydrogens is 404 g/mol. The van der Waals surface area contributed by atoms with Crippen LogP contribution in [0.25, 0.3) is 10.8 Å². The van der Waals surface area contributed by atoms with Crippen molar-refractivity contribution in [1.29, 1.82) is 0 Å². The third-order valence-electron chi connectivity index (χ3n) is 4.92. The van der Waals surface area contributed by atoms with Gasteiger partial charge in [-0.05, 0) is 31.0 Å². The van der Waals surface area contributed by atoms with Crippen molar-refractivity contribution < 1.29 is 23.7 Å². The van der Waals surface area contributed by atoms with Crippen LogP contribution in [0.2, 0.25) is 0 Å². The Morgan fingerprint density at radius 2 is 1.53 bits per heavy atom. The summed E-state index contributed by atoms with van der Waals surface area (Å²) in [5.74, 6) is 1.28. The lowest BCUT2D eigenvalue weighted by atomic mass is 10.0. The maximum Gasteiger partial charge on any atom is 0.333 e. The van der Waals surface area contributed by atoms with Crippen molar-refractivity contribution in [3.8, 4) is 11.5 Å². The summed E-state index contributed by atoms with van der Waals surface area (Å²) in [5, 5.41) is 2.03. The average Bonchev–Trinajstić information content (AvgIpc) is 2.80. The zero-order chi connectivity index (χ0) is 22.8. The van der Waals surface area contributed by atoms with E-state index in [1.54, 1.807) is 6.92 Å². The summed E-state index contributed by atoms with van der Waals surface area (Å²) in [4.78, 5) is 11.3. The van der Waals surface area contributed by atoms with Crippen molar-refractivity contribution in [1.82, 2.24) is 0 Å². The molecule has 168 valence electrons. The Balaban J connectivity index is 1.55. The largest absolute Gasteiger partial charge is 0.493 e. The molecule has 0 aliphatic rings. The summed E-state index contributed by atoms with van der Waals surface area (Å²) >= 11 is 0. The highest BCUT2D eigenvalue weighted by Crippen LogP contribution is 2.36. The maximum atomic E-state index is 11.3. The summed E-state index contributed by atoms with van der Waals surface area (Å²) < 4.78 is 22.7. The topological polar surface area (TPSA) is 54.0 Å². The molecule has 3 rings (SSSR count). The number of ether oxygens (including phenoxy) is 4. The van der Waals surface area contributed by atoms with Gasteiger partial charge >= 0.3 is 5.97 Å². The molecule has 0 N–H and O–H groups in total. The molecule has 0 fully saturated rings. The number of rotatable bonds is 12. The maximum absolute atomic E-state index is 11.3. The van der Waals surface area contributed by atoms with Crippen molar-refractivity contribution in [2.45, 2.75) is 20.3 Å². The Morgan fingerprint density at radius 1 is 0.844 bits per heavy atom. The fourth-order valence-corrected chi connectivity index (χ4v) is 3.30. The van der Waals surface area contributed by atoms with Gasteiger partial charge in [-0.2, -0.15) is 0 Å². The van der Waals surface area contributed by atoms with Crippen LogP contribution in [0.15, 0.2) is 72.8 Å². The van der Waals surface area contributed by atoms with Crippen molar-refractivity contribution in [2.24, 2.45) is 0 Å². The van der Waals surface area contributed by atoms with Crippen molar-refractivity contribution >= 4 is 16.7 Å². The minimum atomic E-state index is -0.405. The second-order valence-corrected chi connectivity index (χ2v) is 7.53. The molecule has 0 unspecified atom stereocenters. The number of aryl methyl sites for hydroxylation is 1. The summed E-state index contributed by atoms with van der Waals surface area (Å²) in [7, 11) is 0. The van der Waals surface area contributed by atoms with E-state index in [0.29, 0.717) is 32.0 Å². The molecule has 5 nitrogen and oxygen atoms in total. The third-order valence-corrected chi connectivity index (χ3v) is 4.92. The van der Waals surface area contributed by atoms with Crippen LogP contribution in [0.3, 0.4) is 0 Å². The SMILES string of the molecule is C=C(C)C(=O)OCCOCCOc1c(C)cc(OCCc2ccccc2)c2ccccc12. The van der Waals surface area contributed by atoms with E-state index >= 15 is 0 Å². The number of hydrogen-bond acceptors (Lipinski definition) is 5. The van der Waals surface area contributed by atoms with Crippen LogP contribution < -0.4 is 9.47 Å². The molecule has 32 heavy (non-hydrogen) atoms. The highest BCUT2D eigenvalue weighted by Gasteiger charge is 2.12. The smallest absolute Gasteiger partial charge is 0.333 e. The Morgan fingerprint density at radius 3 is 2.28 bits per heavy atom. The lowest BCUT2D eigenvalue weighted by molar-refractivity contribution is -0.140. The monoisotopic (exact) mass is 434 g/mol. The minimum absolute atomic E-state index is 0.197. The standard InChI is InChI=1S/C27H30O5/c1-20(2)27(28)32-18-16-29-15-17-31-26-21(3)19-25(23-11-7-8-12-24(23)26)30-14-13-22-9-5-4-6-10-22/h4-12,19H,1,13-18H2,2-3H3. The molecule has 0 spiro atoms. The molecule has 0 aliphatic carbocycles. The van der Waals surface area contributed by atoms with Gasteiger partial charge in [0.2, 0.25) is 0 Å². The molecule has 3 aromatic carbocycles. The molecule has 5 heteroatoms. The van der Waals surface area contributed by atoms with Crippen LogP contribution in [0.5, 0.6) is 11.5 Å². The van der Waals surface area contributed by atoms with Crippen molar-refractivity contribution in [3.05, 3.63) is 83.9 Å². The van der Waals surface area contributed by atoms with E-state index < -0.39 is 5.97 Å². The Hall–Kier alpha value is -3.31. The van der Waals surface area contributed by atoms with E-state index in [2.05, 4.69) is 18.7 Å². The first-order valence-corrected chi connectivity index (χ1v) is 10.8. The van der Waals surface area contributed by atoms with Gasteiger partial charge in [0.25, 0.3) is 0 Å². The van der Waals surface area contributed by atoms with E-state index in [4.69, 9.17) is 18.9 Å². The second-order valence-electron chi connectivity index (χ2n) is 7.53. The van der Waals surface area contributed by atoms with E-state index in [9.17, 15) is 4.79 Å². The Bertz CT molecular complexity index is 1040. The Labute approximate surface area is 189 Å². The molecule has 0 bridgehead atoms. The molecule has 0 aliphatic heterocycles.